The first-order valence-corrected chi connectivity index (χ1v) is 6.79. The molecule has 6 heteroatoms. The molecule has 2 heterocycles. The third kappa shape index (κ3) is 2.69. The molecule has 1 saturated heterocycles. The van der Waals surface area contributed by atoms with Crippen LogP contribution in [0.5, 0.6) is 0 Å². The first-order chi connectivity index (χ1) is 8.26. The highest BCUT2D eigenvalue weighted by molar-refractivity contribution is 7.71. The monoisotopic (exact) mass is 255 g/mol. The lowest BCUT2D eigenvalue weighted by Gasteiger charge is -2.34. The summed E-state index contributed by atoms with van der Waals surface area (Å²) in [7, 11) is 0. The Morgan fingerprint density at radius 2 is 1.94 bits per heavy atom. The molecule has 1 aromatic heterocycles. The van der Waals surface area contributed by atoms with E-state index in [0.29, 0.717) is 0 Å². The minimum Gasteiger partial charge on any atom is -0.338 e. The van der Waals surface area contributed by atoms with E-state index in [-0.39, 0.29) is 0 Å². The fourth-order valence-electron chi connectivity index (χ4n) is 2.32. The predicted octanol–water partition coefficient (Wildman–Crippen LogP) is 1.49. The average Bonchev–Trinajstić information content (AvgIpc) is 2.72. The number of H-pyrrole nitrogens is 1. The van der Waals surface area contributed by atoms with Crippen molar-refractivity contribution in [2.45, 2.75) is 26.8 Å². The van der Waals surface area contributed by atoms with Crippen molar-refractivity contribution in [3.8, 4) is 0 Å². The normalized spacial score (nSPS) is 17.6. The van der Waals surface area contributed by atoms with E-state index < -0.39 is 0 Å². The SMILES string of the molecule is CCCN1CCN(c2n[nH]c(=S)n2CC)CC1. The van der Waals surface area contributed by atoms with Crippen molar-refractivity contribution in [2.75, 3.05) is 37.6 Å². The highest BCUT2D eigenvalue weighted by Crippen LogP contribution is 2.14. The fourth-order valence-corrected chi connectivity index (χ4v) is 2.58. The topological polar surface area (TPSA) is 40.1 Å². The molecule has 17 heavy (non-hydrogen) atoms. The van der Waals surface area contributed by atoms with Crippen molar-refractivity contribution in [1.29, 1.82) is 0 Å². The molecule has 1 aromatic rings. The summed E-state index contributed by atoms with van der Waals surface area (Å²) in [5.74, 6) is 0.994. The summed E-state index contributed by atoms with van der Waals surface area (Å²) in [5.41, 5.74) is 0. The van der Waals surface area contributed by atoms with Crippen LogP contribution >= 0.6 is 12.2 Å². The first kappa shape index (κ1) is 12.6. The van der Waals surface area contributed by atoms with Crippen LogP contribution < -0.4 is 4.90 Å². The van der Waals surface area contributed by atoms with Gasteiger partial charge in [0.2, 0.25) is 5.95 Å². The first-order valence-electron chi connectivity index (χ1n) is 6.38. The molecule has 0 aliphatic carbocycles. The van der Waals surface area contributed by atoms with Gasteiger partial charge in [-0.25, -0.2) is 5.10 Å². The molecule has 0 aromatic carbocycles. The number of nitrogens with zero attached hydrogens (tertiary/aromatic N) is 4. The Bertz CT molecular complexity index is 402. The van der Waals surface area contributed by atoms with E-state index in [2.05, 4.69) is 38.4 Å². The van der Waals surface area contributed by atoms with Crippen LogP contribution in [0.1, 0.15) is 20.3 Å². The van der Waals surface area contributed by atoms with E-state index in [0.717, 1.165) is 43.4 Å². The lowest BCUT2D eigenvalue weighted by molar-refractivity contribution is 0.256. The van der Waals surface area contributed by atoms with E-state index in [9.17, 15) is 0 Å². The minimum absolute atomic E-state index is 0.721. The van der Waals surface area contributed by atoms with E-state index in [1.807, 2.05) is 0 Å². The molecule has 1 aliphatic heterocycles. The van der Waals surface area contributed by atoms with Gasteiger partial charge in [0.1, 0.15) is 0 Å². The summed E-state index contributed by atoms with van der Waals surface area (Å²) in [4.78, 5) is 4.83. The number of nitrogens with one attached hydrogen (secondary N) is 1. The van der Waals surface area contributed by atoms with Gasteiger partial charge in [-0.1, -0.05) is 6.92 Å². The number of hydrogen-bond acceptors (Lipinski definition) is 4. The highest BCUT2D eigenvalue weighted by Gasteiger charge is 2.20. The zero-order valence-electron chi connectivity index (χ0n) is 10.6. The largest absolute Gasteiger partial charge is 0.338 e. The van der Waals surface area contributed by atoms with Crippen molar-refractivity contribution in [3.63, 3.8) is 0 Å². The summed E-state index contributed by atoms with van der Waals surface area (Å²) >= 11 is 5.21. The summed E-state index contributed by atoms with van der Waals surface area (Å²) in [6.07, 6.45) is 1.23. The Kier molecular flexibility index (Phi) is 4.17. The lowest BCUT2D eigenvalue weighted by Crippen LogP contribution is -2.47. The van der Waals surface area contributed by atoms with Crippen LogP contribution in [0.2, 0.25) is 0 Å². The molecule has 0 saturated carbocycles. The maximum atomic E-state index is 5.21. The Hall–Kier alpha value is -0.880. The molecule has 1 N–H and O–H groups in total. The molecule has 0 radical (unpaired) electrons. The summed E-state index contributed by atoms with van der Waals surface area (Å²) in [5, 5.41) is 7.22. The second-order valence-corrected chi connectivity index (χ2v) is 4.79. The fraction of sp³-hybridized carbons (Fsp3) is 0.818. The summed E-state index contributed by atoms with van der Waals surface area (Å²) in [6, 6.07) is 0. The minimum atomic E-state index is 0.721. The third-order valence-electron chi connectivity index (χ3n) is 3.25. The van der Waals surface area contributed by atoms with Crippen molar-refractivity contribution >= 4 is 18.2 Å². The molecule has 2 rings (SSSR count). The van der Waals surface area contributed by atoms with E-state index >= 15 is 0 Å². The van der Waals surface area contributed by atoms with E-state index in [1.165, 1.54) is 13.0 Å². The Labute approximate surface area is 107 Å². The van der Waals surface area contributed by atoms with Gasteiger partial charge in [-0.3, -0.25) is 9.47 Å². The predicted molar refractivity (Wildman–Crippen MR) is 72.0 cm³/mol. The third-order valence-corrected chi connectivity index (χ3v) is 3.56. The molecule has 0 spiro atoms. The molecule has 0 atom stereocenters. The van der Waals surface area contributed by atoms with Gasteiger partial charge >= 0.3 is 0 Å². The molecule has 0 bridgehead atoms. The second kappa shape index (κ2) is 5.64. The number of rotatable bonds is 4. The molecule has 1 aliphatic rings. The maximum absolute atomic E-state index is 5.21. The van der Waals surface area contributed by atoms with Crippen LogP contribution in [0, 0.1) is 4.77 Å². The smallest absolute Gasteiger partial charge is 0.225 e. The van der Waals surface area contributed by atoms with E-state index in [4.69, 9.17) is 12.2 Å². The number of aromatic amines is 1. The maximum Gasteiger partial charge on any atom is 0.225 e. The Morgan fingerprint density at radius 3 is 2.53 bits per heavy atom. The van der Waals surface area contributed by atoms with Crippen LogP contribution in [0.4, 0.5) is 5.95 Å². The van der Waals surface area contributed by atoms with Crippen LogP contribution in [-0.4, -0.2) is 52.4 Å². The molecule has 5 nitrogen and oxygen atoms in total. The van der Waals surface area contributed by atoms with Crippen molar-refractivity contribution in [3.05, 3.63) is 4.77 Å². The van der Waals surface area contributed by atoms with Gasteiger partial charge < -0.3 is 4.90 Å². The van der Waals surface area contributed by atoms with Gasteiger partial charge in [0.05, 0.1) is 0 Å². The molecule has 0 amide bonds. The molecular formula is C11H21N5S. The van der Waals surface area contributed by atoms with Crippen LogP contribution in [-0.2, 0) is 6.54 Å². The van der Waals surface area contributed by atoms with Crippen molar-refractivity contribution in [1.82, 2.24) is 19.7 Å². The highest BCUT2D eigenvalue weighted by atomic mass is 32.1. The zero-order chi connectivity index (χ0) is 12.3. The van der Waals surface area contributed by atoms with Crippen LogP contribution in [0.25, 0.3) is 0 Å². The number of anilines is 1. The molecular weight excluding hydrogens is 234 g/mol. The quantitative estimate of drug-likeness (QED) is 0.828. The average molecular weight is 255 g/mol. The zero-order valence-corrected chi connectivity index (χ0v) is 11.5. The summed E-state index contributed by atoms with van der Waals surface area (Å²) < 4.78 is 2.78. The van der Waals surface area contributed by atoms with Crippen LogP contribution in [0.15, 0.2) is 0 Å². The van der Waals surface area contributed by atoms with Gasteiger partial charge in [-0.05, 0) is 32.1 Å². The van der Waals surface area contributed by atoms with Gasteiger partial charge in [0.15, 0.2) is 4.77 Å². The number of hydrogen-bond donors (Lipinski definition) is 1. The molecule has 1 fully saturated rings. The number of piperazine rings is 1. The van der Waals surface area contributed by atoms with Gasteiger partial charge in [-0.15, -0.1) is 5.10 Å². The summed E-state index contributed by atoms with van der Waals surface area (Å²) in [6.45, 7) is 10.7. The Balaban J connectivity index is 2.03. The standard InChI is InChI=1S/C11H21N5S/c1-3-5-14-6-8-15(9-7-14)10-12-13-11(17)16(10)4-2/h3-9H2,1-2H3,(H,13,17). The Morgan fingerprint density at radius 1 is 1.24 bits per heavy atom. The second-order valence-electron chi connectivity index (χ2n) is 4.40. The van der Waals surface area contributed by atoms with E-state index in [1.54, 1.807) is 0 Å². The van der Waals surface area contributed by atoms with Crippen molar-refractivity contribution < 1.29 is 0 Å². The van der Waals surface area contributed by atoms with Gasteiger partial charge in [0, 0.05) is 32.7 Å². The number of aromatic nitrogens is 3. The molecule has 0 unspecified atom stereocenters. The molecule has 96 valence electrons. The lowest BCUT2D eigenvalue weighted by atomic mass is 10.3. The van der Waals surface area contributed by atoms with Gasteiger partial charge in [-0.2, -0.15) is 0 Å². The van der Waals surface area contributed by atoms with Gasteiger partial charge in [0.25, 0.3) is 0 Å². The van der Waals surface area contributed by atoms with Crippen LogP contribution in [0.3, 0.4) is 0 Å². The van der Waals surface area contributed by atoms with Crippen molar-refractivity contribution in [2.24, 2.45) is 0 Å².